The predicted molar refractivity (Wildman–Crippen MR) is 106 cm³/mol. The fourth-order valence-electron chi connectivity index (χ4n) is 2.73. The molecule has 0 saturated carbocycles. The van der Waals surface area contributed by atoms with Crippen LogP contribution in [0, 0.1) is 6.92 Å². The van der Waals surface area contributed by atoms with E-state index in [2.05, 4.69) is 19.8 Å². The van der Waals surface area contributed by atoms with E-state index in [0.29, 0.717) is 0 Å². The van der Waals surface area contributed by atoms with Gasteiger partial charge in [-0.1, -0.05) is 28.9 Å². The highest BCUT2D eigenvalue weighted by Gasteiger charge is 2.35. The van der Waals surface area contributed by atoms with Gasteiger partial charge in [0.15, 0.2) is 5.69 Å². The van der Waals surface area contributed by atoms with E-state index < -0.39 is 50.7 Å². The molecule has 1 heterocycles. The van der Waals surface area contributed by atoms with E-state index in [9.17, 15) is 39.6 Å². The Hall–Kier alpha value is -3.53. The third-order valence-electron chi connectivity index (χ3n) is 4.08. The first-order valence-electron chi connectivity index (χ1n) is 8.97. The Kier molecular flexibility index (Phi) is 6.90. The number of nitrogens with zero attached hydrogens (tertiary/aromatic N) is 3. The molecule has 1 aromatic heterocycles. The van der Waals surface area contributed by atoms with Crippen molar-refractivity contribution in [1.29, 1.82) is 0 Å². The average molecular weight is 545 g/mol. The molecule has 1 amide bonds. The highest BCUT2D eigenvalue weighted by atomic mass is 35.5. The second-order valence-corrected chi connectivity index (χ2v) is 8.58. The summed E-state index contributed by atoms with van der Waals surface area (Å²) in [5.74, 6) is -3.06. The van der Waals surface area contributed by atoms with Gasteiger partial charge in [0.1, 0.15) is 16.4 Å². The van der Waals surface area contributed by atoms with E-state index in [-0.39, 0.29) is 16.4 Å². The van der Waals surface area contributed by atoms with Gasteiger partial charge in [0.25, 0.3) is 15.9 Å². The molecule has 0 saturated heterocycles. The number of carbonyl (C=O) groups is 1. The predicted octanol–water partition coefficient (Wildman–Crippen LogP) is 4.15. The molecule has 3 aromatic rings. The number of sulfonamides is 1. The Morgan fingerprint density at radius 1 is 1.03 bits per heavy atom. The Morgan fingerprint density at radius 2 is 1.66 bits per heavy atom. The molecule has 0 bridgehead atoms. The van der Waals surface area contributed by atoms with Crippen LogP contribution in [0.2, 0.25) is 5.02 Å². The van der Waals surface area contributed by atoms with Crippen molar-refractivity contribution in [3.05, 3.63) is 58.9 Å². The lowest BCUT2D eigenvalue weighted by Gasteiger charge is -2.13. The Morgan fingerprint density at radius 3 is 2.26 bits per heavy atom. The molecule has 0 radical (unpaired) electrons. The molecule has 0 spiro atoms. The fourth-order valence-corrected chi connectivity index (χ4v) is 4.06. The van der Waals surface area contributed by atoms with E-state index in [0.717, 1.165) is 47.1 Å². The van der Waals surface area contributed by atoms with Crippen molar-refractivity contribution in [3.8, 4) is 17.2 Å². The number of nitrogens with one attached hydrogen (secondary N) is 1. The molecule has 3 rings (SSSR count). The second kappa shape index (κ2) is 9.26. The topological polar surface area (TPSA) is 112 Å². The number of aromatic nitrogens is 3. The maximum atomic E-state index is 12.6. The quantitative estimate of drug-likeness (QED) is 0.464. The summed E-state index contributed by atoms with van der Waals surface area (Å²) in [7, 11) is -4.86. The SMILES string of the molecule is Cc1c(C(=O)NS(=O)(=O)c2ccccc2OC(F)(F)F)nnn1-c1ccc(OC(F)(F)F)cc1Cl. The molecule has 9 nitrogen and oxygen atoms in total. The van der Waals surface area contributed by atoms with E-state index in [4.69, 9.17) is 11.6 Å². The van der Waals surface area contributed by atoms with Crippen molar-refractivity contribution in [2.45, 2.75) is 24.5 Å². The molecule has 0 aliphatic rings. The number of para-hydroxylation sites is 1. The van der Waals surface area contributed by atoms with Gasteiger partial charge in [-0.25, -0.2) is 17.8 Å². The first-order chi connectivity index (χ1) is 16.1. The van der Waals surface area contributed by atoms with Crippen molar-refractivity contribution in [2.24, 2.45) is 0 Å². The van der Waals surface area contributed by atoms with Gasteiger partial charge in [-0.15, -0.1) is 31.4 Å². The second-order valence-electron chi connectivity index (χ2n) is 6.53. The van der Waals surface area contributed by atoms with Gasteiger partial charge in [0, 0.05) is 6.07 Å². The molecule has 0 unspecified atom stereocenters. The van der Waals surface area contributed by atoms with Crippen molar-refractivity contribution in [2.75, 3.05) is 0 Å². The maximum absolute atomic E-state index is 12.6. The third kappa shape index (κ3) is 6.33. The molecule has 1 N–H and O–H groups in total. The summed E-state index contributed by atoms with van der Waals surface area (Å²) < 4.78 is 110. The molecule has 0 fully saturated rings. The number of benzene rings is 2. The minimum absolute atomic E-state index is 0.0305. The van der Waals surface area contributed by atoms with Crippen LogP contribution in [0.25, 0.3) is 5.69 Å². The van der Waals surface area contributed by atoms with Crippen LogP contribution < -0.4 is 14.2 Å². The first-order valence-corrected chi connectivity index (χ1v) is 10.8. The summed E-state index contributed by atoms with van der Waals surface area (Å²) in [6.45, 7) is 1.26. The lowest BCUT2D eigenvalue weighted by Crippen LogP contribution is -2.32. The zero-order valence-corrected chi connectivity index (χ0v) is 18.6. The number of hydrogen-bond acceptors (Lipinski definition) is 7. The van der Waals surface area contributed by atoms with E-state index >= 15 is 0 Å². The summed E-state index contributed by atoms with van der Waals surface area (Å²) in [6, 6.07) is 6.54. The van der Waals surface area contributed by atoms with Gasteiger partial charge < -0.3 is 9.47 Å². The number of hydrogen-bond donors (Lipinski definition) is 1. The lowest BCUT2D eigenvalue weighted by molar-refractivity contribution is -0.276. The van der Waals surface area contributed by atoms with Gasteiger partial charge >= 0.3 is 12.7 Å². The Labute approximate surface area is 197 Å². The molecule has 35 heavy (non-hydrogen) atoms. The smallest absolute Gasteiger partial charge is 0.406 e. The van der Waals surface area contributed by atoms with E-state index in [1.807, 2.05) is 0 Å². The molecule has 17 heteroatoms. The largest absolute Gasteiger partial charge is 0.573 e. The molecular weight excluding hydrogens is 534 g/mol. The summed E-state index contributed by atoms with van der Waals surface area (Å²) in [5.41, 5.74) is -0.685. The number of alkyl halides is 6. The number of ether oxygens (including phenoxy) is 2. The number of halogens is 7. The minimum atomic E-state index is -5.20. The summed E-state index contributed by atoms with van der Waals surface area (Å²) in [4.78, 5) is 11.6. The van der Waals surface area contributed by atoms with Crippen LogP contribution in [-0.2, 0) is 10.0 Å². The van der Waals surface area contributed by atoms with Crippen molar-refractivity contribution in [1.82, 2.24) is 19.7 Å². The van der Waals surface area contributed by atoms with Crippen LogP contribution >= 0.6 is 11.6 Å². The van der Waals surface area contributed by atoms with Crippen LogP contribution in [0.4, 0.5) is 26.3 Å². The summed E-state index contributed by atoms with van der Waals surface area (Å²) in [5, 5.41) is 6.88. The molecule has 188 valence electrons. The van der Waals surface area contributed by atoms with Crippen LogP contribution in [0.1, 0.15) is 16.2 Å². The Bertz CT molecular complexity index is 1370. The van der Waals surface area contributed by atoms with Gasteiger partial charge in [-0.3, -0.25) is 4.79 Å². The normalized spacial score (nSPS) is 12.3. The number of amides is 1. The standard InChI is InChI=1S/C18H11ClF6N4O5S/c1-9-15(26-28-29(9)12-7-6-10(8-11(12)19)33-17(20,21)22)16(30)27-35(31,32)14-5-3-2-4-13(14)34-18(23,24)25/h2-8H,1H3,(H,27,30). The lowest BCUT2D eigenvalue weighted by atomic mass is 10.2. The maximum Gasteiger partial charge on any atom is 0.573 e. The zero-order chi connectivity index (χ0) is 26.2. The summed E-state index contributed by atoms with van der Waals surface area (Å²) in [6.07, 6.45) is -10.2. The highest BCUT2D eigenvalue weighted by Crippen LogP contribution is 2.31. The van der Waals surface area contributed by atoms with Gasteiger partial charge in [-0.05, 0) is 31.2 Å². The van der Waals surface area contributed by atoms with E-state index in [1.54, 1.807) is 4.72 Å². The van der Waals surface area contributed by atoms with Crippen LogP contribution in [0.3, 0.4) is 0 Å². The van der Waals surface area contributed by atoms with Crippen LogP contribution in [-0.4, -0.2) is 42.0 Å². The molecule has 0 aliphatic carbocycles. The summed E-state index contributed by atoms with van der Waals surface area (Å²) >= 11 is 5.97. The first kappa shape index (κ1) is 26.1. The molecule has 0 aliphatic heterocycles. The van der Waals surface area contributed by atoms with E-state index in [1.165, 1.54) is 6.92 Å². The number of rotatable bonds is 6. The monoisotopic (exact) mass is 544 g/mol. The third-order valence-corrected chi connectivity index (χ3v) is 5.76. The number of carbonyl (C=O) groups excluding carboxylic acids is 1. The van der Waals surface area contributed by atoms with Gasteiger partial charge in [0.05, 0.1) is 16.4 Å². The fraction of sp³-hybridized carbons (Fsp3) is 0.167. The van der Waals surface area contributed by atoms with Crippen LogP contribution in [0.5, 0.6) is 11.5 Å². The Balaban J connectivity index is 1.88. The average Bonchev–Trinajstić information content (AvgIpc) is 3.07. The molecule has 2 aromatic carbocycles. The van der Waals surface area contributed by atoms with Crippen LogP contribution in [0.15, 0.2) is 47.4 Å². The van der Waals surface area contributed by atoms with Gasteiger partial charge in [-0.2, -0.15) is 0 Å². The van der Waals surface area contributed by atoms with Crippen molar-refractivity contribution < 1.29 is 49.0 Å². The molecule has 0 atom stereocenters. The highest BCUT2D eigenvalue weighted by molar-refractivity contribution is 7.90. The van der Waals surface area contributed by atoms with Gasteiger partial charge in [0.2, 0.25) is 0 Å². The molecular formula is C18H11ClF6N4O5S. The zero-order valence-electron chi connectivity index (χ0n) is 17.0. The minimum Gasteiger partial charge on any atom is -0.406 e. The van der Waals surface area contributed by atoms with Crippen molar-refractivity contribution in [3.63, 3.8) is 0 Å². The van der Waals surface area contributed by atoms with Crippen molar-refractivity contribution >= 4 is 27.5 Å².